The molecular weight excluding hydrogens is 252 g/mol. The first-order valence-electron chi connectivity index (χ1n) is 5.07. The van der Waals surface area contributed by atoms with Crippen LogP contribution in [0.25, 0.3) is 0 Å². The van der Waals surface area contributed by atoms with E-state index in [0.717, 1.165) is 34.6 Å². The zero-order valence-electron chi connectivity index (χ0n) is 9.55. The van der Waals surface area contributed by atoms with Gasteiger partial charge in [0.2, 0.25) is 0 Å². The highest BCUT2D eigenvalue weighted by Crippen LogP contribution is 2.19. The second-order valence-corrected chi connectivity index (χ2v) is 4.56. The molecule has 2 nitrogen and oxygen atoms in total. The van der Waals surface area contributed by atoms with Crippen LogP contribution in [-0.2, 0) is 0 Å². The van der Waals surface area contributed by atoms with E-state index in [9.17, 15) is 0 Å². The van der Waals surface area contributed by atoms with Crippen LogP contribution in [0.5, 0.6) is 0 Å². The van der Waals surface area contributed by atoms with Gasteiger partial charge in [-0.2, -0.15) is 0 Å². The highest BCUT2D eigenvalue weighted by Gasteiger charge is 2.06. The van der Waals surface area contributed by atoms with Gasteiger partial charge >= 0.3 is 0 Å². The maximum atomic E-state index is 4.53. The van der Waals surface area contributed by atoms with Crippen LogP contribution in [0.2, 0.25) is 0 Å². The average Bonchev–Trinajstić information content (AvgIpc) is 2.18. The van der Waals surface area contributed by atoms with Crippen LogP contribution in [-0.4, -0.2) is 18.1 Å². The lowest BCUT2D eigenvalue weighted by molar-refractivity contribution is 0.854. The van der Waals surface area contributed by atoms with Crippen LogP contribution in [0.4, 0.5) is 5.82 Å². The van der Waals surface area contributed by atoms with Crippen molar-refractivity contribution in [2.24, 2.45) is 0 Å². The third-order valence-corrected chi connectivity index (χ3v) is 3.01. The standard InChI is InChI=1S/C12H17BrN2/c1-5-15(8-9(2)3)12-7-6-11(13)10(4)14-12/h6-7H,2,5,8H2,1,3-4H3. The average molecular weight is 269 g/mol. The zero-order valence-corrected chi connectivity index (χ0v) is 11.1. The molecule has 1 aromatic heterocycles. The Balaban J connectivity index is 2.92. The number of likely N-dealkylation sites (N-methyl/N-ethyl adjacent to an activating group) is 1. The normalized spacial score (nSPS) is 10.1. The monoisotopic (exact) mass is 268 g/mol. The summed E-state index contributed by atoms with van der Waals surface area (Å²) in [5.74, 6) is 1.02. The highest BCUT2D eigenvalue weighted by molar-refractivity contribution is 9.10. The van der Waals surface area contributed by atoms with E-state index in [0.29, 0.717) is 0 Å². The summed E-state index contributed by atoms with van der Waals surface area (Å²) in [4.78, 5) is 6.74. The summed E-state index contributed by atoms with van der Waals surface area (Å²) in [7, 11) is 0. The molecule has 0 bridgehead atoms. The number of hydrogen-bond acceptors (Lipinski definition) is 2. The minimum atomic E-state index is 0.866. The van der Waals surface area contributed by atoms with Crippen molar-refractivity contribution in [2.45, 2.75) is 20.8 Å². The molecule has 0 fully saturated rings. The summed E-state index contributed by atoms with van der Waals surface area (Å²) in [6.45, 7) is 11.9. The number of aryl methyl sites for hydroxylation is 1. The molecule has 0 amide bonds. The molecule has 1 rings (SSSR count). The Morgan fingerprint density at radius 3 is 2.67 bits per heavy atom. The van der Waals surface area contributed by atoms with Gasteiger partial charge < -0.3 is 4.90 Å². The minimum Gasteiger partial charge on any atom is -0.353 e. The molecule has 82 valence electrons. The maximum absolute atomic E-state index is 4.53. The summed E-state index contributed by atoms with van der Waals surface area (Å²) in [6, 6.07) is 4.07. The molecule has 1 aromatic rings. The summed E-state index contributed by atoms with van der Waals surface area (Å²) < 4.78 is 1.05. The fourth-order valence-electron chi connectivity index (χ4n) is 1.39. The van der Waals surface area contributed by atoms with Gasteiger partial charge in [0.25, 0.3) is 0 Å². The lowest BCUT2D eigenvalue weighted by Gasteiger charge is -2.22. The lowest BCUT2D eigenvalue weighted by Crippen LogP contribution is -2.25. The van der Waals surface area contributed by atoms with Gasteiger partial charge in [-0.1, -0.05) is 12.2 Å². The predicted molar refractivity (Wildman–Crippen MR) is 69.4 cm³/mol. The second kappa shape index (κ2) is 5.31. The summed E-state index contributed by atoms with van der Waals surface area (Å²) in [5, 5.41) is 0. The van der Waals surface area contributed by atoms with Crippen LogP contribution < -0.4 is 4.90 Å². The topological polar surface area (TPSA) is 16.1 Å². The third-order valence-electron chi connectivity index (χ3n) is 2.17. The Labute approximate surface area is 100 Å². The van der Waals surface area contributed by atoms with Crippen molar-refractivity contribution < 1.29 is 0 Å². The summed E-state index contributed by atoms with van der Waals surface area (Å²) in [6.07, 6.45) is 0. The third kappa shape index (κ3) is 3.34. The molecule has 0 saturated heterocycles. The van der Waals surface area contributed by atoms with Gasteiger partial charge in [-0.25, -0.2) is 4.98 Å². The fourth-order valence-corrected chi connectivity index (χ4v) is 1.61. The molecule has 15 heavy (non-hydrogen) atoms. The van der Waals surface area contributed by atoms with Gasteiger partial charge in [0.1, 0.15) is 5.82 Å². The van der Waals surface area contributed by atoms with Crippen molar-refractivity contribution in [3.05, 3.63) is 34.5 Å². The zero-order chi connectivity index (χ0) is 11.4. The van der Waals surface area contributed by atoms with E-state index in [-0.39, 0.29) is 0 Å². The van der Waals surface area contributed by atoms with Gasteiger partial charge in [0.05, 0.1) is 5.69 Å². The van der Waals surface area contributed by atoms with Crippen molar-refractivity contribution in [2.75, 3.05) is 18.0 Å². The first-order valence-corrected chi connectivity index (χ1v) is 5.86. The number of anilines is 1. The van der Waals surface area contributed by atoms with Crippen LogP contribution in [0.3, 0.4) is 0 Å². The van der Waals surface area contributed by atoms with Crippen molar-refractivity contribution in [1.82, 2.24) is 4.98 Å². The number of aromatic nitrogens is 1. The molecule has 3 heteroatoms. The fraction of sp³-hybridized carbons (Fsp3) is 0.417. The minimum absolute atomic E-state index is 0.866. The van der Waals surface area contributed by atoms with Gasteiger partial charge in [-0.15, -0.1) is 0 Å². The molecule has 0 aliphatic heterocycles. The van der Waals surface area contributed by atoms with Crippen molar-refractivity contribution in [3.63, 3.8) is 0 Å². The second-order valence-electron chi connectivity index (χ2n) is 3.71. The largest absolute Gasteiger partial charge is 0.353 e. The maximum Gasteiger partial charge on any atom is 0.129 e. The van der Waals surface area contributed by atoms with Gasteiger partial charge in [-0.05, 0) is 48.8 Å². The van der Waals surface area contributed by atoms with E-state index < -0.39 is 0 Å². The molecule has 0 N–H and O–H groups in total. The van der Waals surface area contributed by atoms with Crippen molar-refractivity contribution >= 4 is 21.7 Å². The molecule has 0 aromatic carbocycles. The Bertz CT molecular complexity index is 361. The smallest absolute Gasteiger partial charge is 0.129 e. The Hall–Kier alpha value is -0.830. The molecular formula is C12H17BrN2. The molecule has 0 atom stereocenters. The first-order chi connectivity index (χ1) is 7.04. The number of halogens is 1. The quantitative estimate of drug-likeness (QED) is 0.777. The summed E-state index contributed by atoms with van der Waals surface area (Å²) in [5.41, 5.74) is 2.17. The molecule has 0 saturated carbocycles. The molecule has 0 aliphatic rings. The lowest BCUT2D eigenvalue weighted by atomic mass is 10.3. The molecule has 0 spiro atoms. The first kappa shape index (κ1) is 12.2. The number of rotatable bonds is 4. The number of pyridine rings is 1. The highest BCUT2D eigenvalue weighted by atomic mass is 79.9. The van der Waals surface area contributed by atoms with E-state index in [2.05, 4.69) is 39.3 Å². The SMILES string of the molecule is C=C(C)CN(CC)c1ccc(Br)c(C)n1. The molecule has 1 heterocycles. The molecule has 0 unspecified atom stereocenters. The van der Waals surface area contributed by atoms with Gasteiger partial charge in [-0.3, -0.25) is 0 Å². The molecule has 0 radical (unpaired) electrons. The van der Waals surface area contributed by atoms with E-state index in [1.165, 1.54) is 0 Å². The Morgan fingerprint density at radius 2 is 2.20 bits per heavy atom. The number of nitrogens with zero attached hydrogens (tertiary/aromatic N) is 2. The van der Waals surface area contributed by atoms with Crippen LogP contribution in [0.15, 0.2) is 28.8 Å². The van der Waals surface area contributed by atoms with E-state index in [1.54, 1.807) is 0 Å². The van der Waals surface area contributed by atoms with E-state index >= 15 is 0 Å². The van der Waals surface area contributed by atoms with Gasteiger partial charge in [0, 0.05) is 17.6 Å². The number of hydrogen-bond donors (Lipinski definition) is 0. The van der Waals surface area contributed by atoms with Crippen LogP contribution in [0.1, 0.15) is 19.5 Å². The van der Waals surface area contributed by atoms with Crippen molar-refractivity contribution in [1.29, 1.82) is 0 Å². The Kier molecular flexibility index (Phi) is 4.33. The Morgan fingerprint density at radius 1 is 1.53 bits per heavy atom. The van der Waals surface area contributed by atoms with Gasteiger partial charge in [0.15, 0.2) is 0 Å². The van der Waals surface area contributed by atoms with E-state index in [1.807, 2.05) is 26.0 Å². The molecule has 0 aliphatic carbocycles. The van der Waals surface area contributed by atoms with E-state index in [4.69, 9.17) is 0 Å². The summed E-state index contributed by atoms with van der Waals surface area (Å²) >= 11 is 3.45. The van der Waals surface area contributed by atoms with Crippen molar-refractivity contribution in [3.8, 4) is 0 Å². The van der Waals surface area contributed by atoms with Crippen LogP contribution in [0, 0.1) is 6.92 Å². The van der Waals surface area contributed by atoms with Crippen LogP contribution >= 0.6 is 15.9 Å². The predicted octanol–water partition coefficient (Wildman–Crippen LogP) is 3.55.